The standard InChI is InChI=1S/C15H20N4/c1-2-12(1)8-18-10-14(6-16-18)5-15-7-17-19(11-15)9-13-3-4-13/h6-7,10-13H,1-5,8-9H2/i6D. The van der Waals surface area contributed by atoms with E-state index in [4.69, 9.17) is 1.37 Å². The van der Waals surface area contributed by atoms with Gasteiger partial charge < -0.3 is 0 Å². The Labute approximate surface area is 114 Å². The molecular weight excluding hydrogens is 236 g/mol. The van der Waals surface area contributed by atoms with Crippen molar-refractivity contribution < 1.29 is 1.37 Å². The Morgan fingerprint density at radius 2 is 1.63 bits per heavy atom. The van der Waals surface area contributed by atoms with E-state index in [1.165, 1.54) is 31.2 Å². The zero-order chi connectivity index (χ0) is 13.5. The number of aromatic nitrogens is 4. The summed E-state index contributed by atoms with van der Waals surface area (Å²) in [6, 6.07) is 0. The summed E-state index contributed by atoms with van der Waals surface area (Å²) >= 11 is 0. The fraction of sp³-hybridized carbons (Fsp3) is 0.600. The highest BCUT2D eigenvalue weighted by molar-refractivity contribution is 5.17. The van der Waals surface area contributed by atoms with Crippen LogP contribution in [0.25, 0.3) is 0 Å². The lowest BCUT2D eigenvalue weighted by Gasteiger charge is -1.97. The van der Waals surface area contributed by atoms with Gasteiger partial charge in [0, 0.05) is 31.9 Å². The fourth-order valence-electron chi connectivity index (χ4n) is 2.49. The SMILES string of the molecule is [2H]c1nn(CC2CC2)cc1Cc1cnn(CC2CC2)c1. The van der Waals surface area contributed by atoms with Crippen molar-refractivity contribution in [2.75, 3.05) is 0 Å². The van der Waals surface area contributed by atoms with E-state index >= 15 is 0 Å². The van der Waals surface area contributed by atoms with Crippen molar-refractivity contribution in [2.45, 2.75) is 45.2 Å². The summed E-state index contributed by atoms with van der Waals surface area (Å²) < 4.78 is 12.0. The second kappa shape index (κ2) is 4.51. The van der Waals surface area contributed by atoms with Crippen molar-refractivity contribution in [1.29, 1.82) is 0 Å². The van der Waals surface area contributed by atoms with E-state index in [1.807, 2.05) is 21.8 Å². The molecule has 4 rings (SSSR count). The molecule has 0 aromatic carbocycles. The normalized spacial score (nSPS) is 19.7. The van der Waals surface area contributed by atoms with Gasteiger partial charge in [0.15, 0.2) is 0 Å². The molecule has 4 heteroatoms. The van der Waals surface area contributed by atoms with E-state index < -0.39 is 0 Å². The smallest absolute Gasteiger partial charge is 0.0863 e. The minimum atomic E-state index is 0.417. The molecule has 0 atom stereocenters. The molecule has 4 nitrogen and oxygen atoms in total. The highest BCUT2D eigenvalue weighted by Crippen LogP contribution is 2.31. The molecule has 2 fully saturated rings. The molecule has 100 valence electrons. The Hall–Kier alpha value is -1.58. The number of hydrogen-bond acceptors (Lipinski definition) is 2. The molecule has 2 aromatic heterocycles. The maximum absolute atomic E-state index is 7.98. The molecule has 0 radical (unpaired) electrons. The summed E-state index contributed by atoms with van der Waals surface area (Å²) in [6.45, 7) is 2.03. The molecule has 2 saturated carbocycles. The summed E-state index contributed by atoms with van der Waals surface area (Å²) in [6.07, 6.45) is 12.6. The quantitative estimate of drug-likeness (QED) is 0.797. The highest BCUT2D eigenvalue weighted by atomic mass is 15.3. The van der Waals surface area contributed by atoms with Gasteiger partial charge in [-0.2, -0.15) is 10.2 Å². The van der Waals surface area contributed by atoms with Crippen molar-refractivity contribution in [3.8, 4) is 0 Å². The topological polar surface area (TPSA) is 35.6 Å². The zero-order valence-electron chi connectivity index (χ0n) is 12.1. The van der Waals surface area contributed by atoms with Crippen molar-refractivity contribution >= 4 is 0 Å². The van der Waals surface area contributed by atoms with Crippen LogP contribution in [0.3, 0.4) is 0 Å². The Morgan fingerprint density at radius 1 is 1.00 bits per heavy atom. The van der Waals surface area contributed by atoms with E-state index in [-0.39, 0.29) is 0 Å². The van der Waals surface area contributed by atoms with Crippen LogP contribution in [0.4, 0.5) is 0 Å². The average Bonchev–Trinajstić information content (AvgIpc) is 3.30. The molecule has 0 N–H and O–H groups in total. The highest BCUT2D eigenvalue weighted by Gasteiger charge is 2.22. The number of hydrogen-bond donors (Lipinski definition) is 0. The average molecular weight is 257 g/mol. The lowest BCUT2D eigenvalue weighted by atomic mass is 10.2. The van der Waals surface area contributed by atoms with Gasteiger partial charge in [-0.15, -0.1) is 0 Å². The number of nitrogens with zero attached hydrogens (tertiary/aromatic N) is 4. The van der Waals surface area contributed by atoms with Gasteiger partial charge in [-0.25, -0.2) is 0 Å². The third-order valence-corrected chi connectivity index (χ3v) is 3.99. The van der Waals surface area contributed by atoms with E-state index in [9.17, 15) is 0 Å². The lowest BCUT2D eigenvalue weighted by Crippen LogP contribution is -1.99. The third kappa shape index (κ3) is 2.88. The van der Waals surface area contributed by atoms with Gasteiger partial charge in [-0.3, -0.25) is 9.36 Å². The number of rotatable bonds is 6. The zero-order valence-corrected chi connectivity index (χ0v) is 11.1. The van der Waals surface area contributed by atoms with Crippen molar-refractivity contribution in [3.63, 3.8) is 0 Å². The van der Waals surface area contributed by atoms with Gasteiger partial charge in [0.25, 0.3) is 0 Å². The second-order valence-electron chi connectivity index (χ2n) is 6.12. The first-order valence-corrected chi connectivity index (χ1v) is 7.30. The van der Waals surface area contributed by atoms with Gasteiger partial charge in [-0.1, -0.05) is 0 Å². The third-order valence-electron chi connectivity index (χ3n) is 3.99. The van der Waals surface area contributed by atoms with E-state index in [0.717, 1.165) is 36.9 Å². The summed E-state index contributed by atoms with van der Waals surface area (Å²) in [5.74, 6) is 1.64. The molecule has 19 heavy (non-hydrogen) atoms. The van der Waals surface area contributed by atoms with Crippen LogP contribution in [0.2, 0.25) is 0 Å². The molecule has 0 saturated heterocycles. The Morgan fingerprint density at radius 3 is 2.32 bits per heavy atom. The van der Waals surface area contributed by atoms with Gasteiger partial charge >= 0.3 is 0 Å². The predicted molar refractivity (Wildman–Crippen MR) is 72.7 cm³/mol. The molecular formula is C15H20N4. The van der Waals surface area contributed by atoms with Crippen LogP contribution in [-0.4, -0.2) is 19.6 Å². The van der Waals surface area contributed by atoms with E-state index in [1.54, 1.807) is 0 Å². The van der Waals surface area contributed by atoms with Gasteiger partial charge in [0.05, 0.1) is 13.7 Å². The van der Waals surface area contributed by atoms with Crippen molar-refractivity contribution in [2.24, 2.45) is 11.8 Å². The molecule has 0 unspecified atom stereocenters. The minimum Gasteiger partial charge on any atom is -0.272 e. The van der Waals surface area contributed by atoms with Crippen LogP contribution in [0.5, 0.6) is 0 Å². The Kier molecular flexibility index (Phi) is 2.43. The first-order valence-electron chi connectivity index (χ1n) is 7.80. The summed E-state index contributed by atoms with van der Waals surface area (Å²) in [4.78, 5) is 0. The van der Waals surface area contributed by atoms with Crippen molar-refractivity contribution in [1.82, 2.24) is 19.6 Å². The molecule has 0 amide bonds. The van der Waals surface area contributed by atoms with Crippen LogP contribution in [0.1, 0.15) is 38.2 Å². The minimum absolute atomic E-state index is 0.417. The molecule has 2 aliphatic rings. The van der Waals surface area contributed by atoms with Crippen LogP contribution >= 0.6 is 0 Å². The molecule has 0 aliphatic heterocycles. The summed E-state index contributed by atoms with van der Waals surface area (Å²) in [5, 5.41) is 8.72. The molecule has 2 aromatic rings. The molecule has 2 heterocycles. The van der Waals surface area contributed by atoms with Crippen LogP contribution in [0.15, 0.2) is 24.8 Å². The summed E-state index contributed by atoms with van der Waals surface area (Å²) in [5.41, 5.74) is 2.20. The van der Waals surface area contributed by atoms with Crippen LogP contribution < -0.4 is 0 Å². The first kappa shape index (κ1) is 10.2. The van der Waals surface area contributed by atoms with Gasteiger partial charge in [-0.05, 0) is 48.6 Å². The molecule has 0 spiro atoms. The summed E-state index contributed by atoms with van der Waals surface area (Å²) in [7, 11) is 0. The monoisotopic (exact) mass is 257 g/mol. The van der Waals surface area contributed by atoms with Crippen LogP contribution in [0, 0.1) is 11.8 Å². The lowest BCUT2D eigenvalue weighted by molar-refractivity contribution is 0.562. The van der Waals surface area contributed by atoms with E-state index in [0.29, 0.717) is 6.17 Å². The predicted octanol–water partition coefficient (Wildman–Crippen LogP) is 2.49. The fourth-order valence-corrected chi connectivity index (χ4v) is 2.49. The molecule has 2 aliphatic carbocycles. The van der Waals surface area contributed by atoms with Gasteiger partial charge in [0.1, 0.15) is 0 Å². The van der Waals surface area contributed by atoms with Crippen LogP contribution in [-0.2, 0) is 19.5 Å². The first-order chi connectivity index (χ1) is 9.76. The molecule has 0 bridgehead atoms. The maximum Gasteiger partial charge on any atom is 0.0863 e. The Bertz CT molecular complexity index is 607. The largest absolute Gasteiger partial charge is 0.272 e. The maximum atomic E-state index is 7.98. The second-order valence-corrected chi connectivity index (χ2v) is 6.12. The Balaban J connectivity index is 1.43. The van der Waals surface area contributed by atoms with Crippen molar-refractivity contribution in [3.05, 3.63) is 35.9 Å². The van der Waals surface area contributed by atoms with Gasteiger partial charge in [0.2, 0.25) is 0 Å². The van der Waals surface area contributed by atoms with E-state index in [2.05, 4.69) is 16.4 Å².